The van der Waals surface area contributed by atoms with Crippen LogP contribution in [0.25, 0.3) is 11.4 Å². The summed E-state index contributed by atoms with van der Waals surface area (Å²) in [6.45, 7) is 2.78. The Balaban J connectivity index is 2.28. The first-order valence-electron chi connectivity index (χ1n) is 5.64. The molecule has 0 saturated carbocycles. The molecule has 2 aromatic rings. The number of pyridine rings is 1. The van der Waals surface area contributed by atoms with Crippen LogP contribution in [0.5, 0.6) is 0 Å². The summed E-state index contributed by atoms with van der Waals surface area (Å²) in [5, 5.41) is 4.17. The summed E-state index contributed by atoms with van der Waals surface area (Å²) in [5.41, 5.74) is 2.43. The minimum absolute atomic E-state index is 0.0212. The second-order valence-corrected chi connectivity index (χ2v) is 6.29. The average molecular weight is 265 g/mol. The van der Waals surface area contributed by atoms with E-state index in [-0.39, 0.29) is 5.75 Å². The minimum atomic E-state index is -3.01. The SMILES string of the molecule is CCn1nccc1-c1ccc(CS(C)(=O)=O)cn1. The number of aromatic nitrogens is 3. The molecule has 0 fully saturated rings. The van der Waals surface area contributed by atoms with Crippen molar-refractivity contribution in [1.29, 1.82) is 0 Å². The average Bonchev–Trinajstić information content (AvgIpc) is 2.76. The van der Waals surface area contributed by atoms with E-state index in [4.69, 9.17) is 0 Å². The standard InChI is InChI=1S/C12H15N3O2S/c1-3-15-12(6-7-14-15)11-5-4-10(8-13-11)9-18(2,16)17/h4-8H,3,9H2,1-2H3. The van der Waals surface area contributed by atoms with Gasteiger partial charge in [0, 0.05) is 25.2 Å². The molecule has 0 radical (unpaired) electrons. The third-order valence-electron chi connectivity index (χ3n) is 2.53. The van der Waals surface area contributed by atoms with Crippen LogP contribution in [-0.2, 0) is 22.1 Å². The fourth-order valence-corrected chi connectivity index (χ4v) is 2.54. The summed E-state index contributed by atoms with van der Waals surface area (Å²) < 4.78 is 24.2. The molecule has 0 bridgehead atoms. The van der Waals surface area contributed by atoms with Crippen LogP contribution in [0.1, 0.15) is 12.5 Å². The Morgan fingerprint density at radius 3 is 2.61 bits per heavy atom. The monoisotopic (exact) mass is 265 g/mol. The number of hydrogen-bond acceptors (Lipinski definition) is 4. The summed E-state index contributed by atoms with van der Waals surface area (Å²) in [6.07, 6.45) is 4.54. The van der Waals surface area contributed by atoms with E-state index in [1.165, 1.54) is 6.26 Å². The minimum Gasteiger partial charge on any atom is -0.264 e. The molecule has 0 aromatic carbocycles. The Bertz CT molecular complexity index is 630. The van der Waals surface area contributed by atoms with Crippen LogP contribution in [0, 0.1) is 0 Å². The molecule has 18 heavy (non-hydrogen) atoms. The number of rotatable bonds is 4. The zero-order valence-electron chi connectivity index (χ0n) is 10.4. The van der Waals surface area contributed by atoms with Gasteiger partial charge in [-0.15, -0.1) is 0 Å². The van der Waals surface area contributed by atoms with E-state index >= 15 is 0 Å². The van der Waals surface area contributed by atoms with Gasteiger partial charge in [-0.05, 0) is 24.6 Å². The maximum Gasteiger partial charge on any atom is 0.151 e. The molecule has 96 valence electrons. The van der Waals surface area contributed by atoms with E-state index in [0.717, 1.165) is 17.9 Å². The number of hydrogen-bond donors (Lipinski definition) is 0. The van der Waals surface area contributed by atoms with Gasteiger partial charge in [-0.3, -0.25) is 9.67 Å². The molecule has 0 amide bonds. The van der Waals surface area contributed by atoms with E-state index in [9.17, 15) is 8.42 Å². The van der Waals surface area contributed by atoms with Crippen LogP contribution in [-0.4, -0.2) is 29.4 Å². The van der Waals surface area contributed by atoms with Crippen molar-refractivity contribution in [2.24, 2.45) is 0 Å². The molecule has 2 rings (SSSR count). The van der Waals surface area contributed by atoms with Crippen LogP contribution in [0.2, 0.25) is 0 Å². The normalized spacial score (nSPS) is 11.7. The molecule has 0 aliphatic heterocycles. The second-order valence-electron chi connectivity index (χ2n) is 4.15. The van der Waals surface area contributed by atoms with Crippen molar-refractivity contribution in [3.05, 3.63) is 36.2 Å². The van der Waals surface area contributed by atoms with Crippen LogP contribution in [0.15, 0.2) is 30.6 Å². The highest BCUT2D eigenvalue weighted by Gasteiger charge is 2.08. The van der Waals surface area contributed by atoms with Crippen LogP contribution < -0.4 is 0 Å². The van der Waals surface area contributed by atoms with Gasteiger partial charge in [-0.25, -0.2) is 8.42 Å². The summed E-state index contributed by atoms with van der Waals surface area (Å²) in [4.78, 5) is 4.29. The van der Waals surface area contributed by atoms with Crippen molar-refractivity contribution in [3.8, 4) is 11.4 Å². The maximum atomic E-state index is 11.2. The van der Waals surface area contributed by atoms with Gasteiger partial charge in [0.25, 0.3) is 0 Å². The fraction of sp³-hybridized carbons (Fsp3) is 0.333. The first-order valence-corrected chi connectivity index (χ1v) is 7.70. The van der Waals surface area contributed by atoms with E-state index in [1.54, 1.807) is 18.5 Å². The lowest BCUT2D eigenvalue weighted by Gasteiger charge is -2.05. The summed E-state index contributed by atoms with van der Waals surface area (Å²) in [7, 11) is -3.01. The predicted molar refractivity (Wildman–Crippen MR) is 69.7 cm³/mol. The Morgan fingerprint density at radius 2 is 2.06 bits per heavy atom. The number of sulfone groups is 1. The summed E-state index contributed by atoms with van der Waals surface area (Å²) in [6, 6.07) is 5.50. The Labute approximate surface area is 106 Å². The molecule has 2 heterocycles. The van der Waals surface area contributed by atoms with E-state index in [2.05, 4.69) is 10.1 Å². The smallest absolute Gasteiger partial charge is 0.151 e. The molecule has 0 aliphatic carbocycles. The highest BCUT2D eigenvalue weighted by Crippen LogP contribution is 2.17. The second kappa shape index (κ2) is 4.89. The van der Waals surface area contributed by atoms with E-state index in [0.29, 0.717) is 5.56 Å². The molecule has 0 atom stereocenters. The Hall–Kier alpha value is -1.69. The predicted octanol–water partition coefficient (Wildman–Crippen LogP) is 1.51. The highest BCUT2D eigenvalue weighted by molar-refractivity contribution is 7.89. The van der Waals surface area contributed by atoms with E-state index < -0.39 is 9.84 Å². The lowest BCUT2D eigenvalue weighted by Crippen LogP contribution is -2.02. The molecule has 0 N–H and O–H groups in total. The van der Waals surface area contributed by atoms with Gasteiger partial charge in [0.15, 0.2) is 9.84 Å². The topological polar surface area (TPSA) is 64.8 Å². The van der Waals surface area contributed by atoms with Crippen molar-refractivity contribution in [3.63, 3.8) is 0 Å². The van der Waals surface area contributed by atoms with Crippen molar-refractivity contribution in [1.82, 2.24) is 14.8 Å². The lowest BCUT2D eigenvalue weighted by atomic mass is 10.2. The Kier molecular flexibility index (Phi) is 3.47. The van der Waals surface area contributed by atoms with Crippen LogP contribution >= 0.6 is 0 Å². The largest absolute Gasteiger partial charge is 0.264 e. The first-order chi connectivity index (χ1) is 8.49. The van der Waals surface area contributed by atoms with Gasteiger partial charge in [-0.2, -0.15) is 5.10 Å². The zero-order chi connectivity index (χ0) is 13.2. The van der Waals surface area contributed by atoms with Crippen LogP contribution in [0.3, 0.4) is 0 Å². The maximum absolute atomic E-state index is 11.2. The van der Waals surface area contributed by atoms with Crippen molar-refractivity contribution in [2.75, 3.05) is 6.26 Å². The third kappa shape index (κ3) is 2.95. The summed E-state index contributed by atoms with van der Waals surface area (Å²) in [5.74, 6) is 0.0212. The van der Waals surface area contributed by atoms with Gasteiger partial charge in [0.1, 0.15) is 0 Å². The zero-order valence-corrected chi connectivity index (χ0v) is 11.2. The van der Waals surface area contributed by atoms with E-state index in [1.807, 2.05) is 23.7 Å². The van der Waals surface area contributed by atoms with Crippen LogP contribution in [0.4, 0.5) is 0 Å². The molecule has 0 saturated heterocycles. The van der Waals surface area contributed by atoms with Gasteiger partial charge in [0.05, 0.1) is 17.1 Å². The summed E-state index contributed by atoms with van der Waals surface area (Å²) >= 11 is 0. The van der Waals surface area contributed by atoms with Gasteiger partial charge in [-0.1, -0.05) is 6.07 Å². The third-order valence-corrected chi connectivity index (χ3v) is 3.39. The van der Waals surface area contributed by atoms with Crippen molar-refractivity contribution < 1.29 is 8.42 Å². The molecule has 6 heteroatoms. The van der Waals surface area contributed by atoms with Gasteiger partial charge < -0.3 is 0 Å². The van der Waals surface area contributed by atoms with Gasteiger partial charge >= 0.3 is 0 Å². The molecular weight excluding hydrogens is 250 g/mol. The first kappa shape index (κ1) is 12.8. The molecule has 0 spiro atoms. The van der Waals surface area contributed by atoms with Crippen molar-refractivity contribution in [2.45, 2.75) is 19.2 Å². The fourth-order valence-electron chi connectivity index (χ4n) is 1.77. The molecule has 0 aliphatic rings. The molecule has 5 nitrogen and oxygen atoms in total. The number of aryl methyl sites for hydroxylation is 1. The molecular formula is C12H15N3O2S. The quantitative estimate of drug-likeness (QED) is 0.840. The number of nitrogens with zero attached hydrogens (tertiary/aromatic N) is 3. The van der Waals surface area contributed by atoms with Gasteiger partial charge in [0.2, 0.25) is 0 Å². The lowest BCUT2D eigenvalue weighted by molar-refractivity contribution is 0.601. The van der Waals surface area contributed by atoms with Crippen molar-refractivity contribution >= 4 is 9.84 Å². The Morgan fingerprint density at radius 1 is 1.28 bits per heavy atom. The molecule has 2 aromatic heterocycles. The highest BCUT2D eigenvalue weighted by atomic mass is 32.2. The molecule has 0 unspecified atom stereocenters.